The van der Waals surface area contributed by atoms with Gasteiger partial charge in [0, 0.05) is 5.70 Å². The van der Waals surface area contributed by atoms with Crippen LogP contribution >= 0.6 is 11.8 Å². The van der Waals surface area contributed by atoms with Crippen molar-refractivity contribution in [3.63, 3.8) is 0 Å². The zero-order valence-corrected chi connectivity index (χ0v) is 10.2. The number of amidine groups is 1. The molecule has 0 unspecified atom stereocenters. The fourth-order valence-corrected chi connectivity index (χ4v) is 1.89. The molecule has 1 aliphatic rings. The molecule has 0 bridgehead atoms. The van der Waals surface area contributed by atoms with E-state index in [1.165, 1.54) is 23.9 Å². The van der Waals surface area contributed by atoms with Crippen molar-refractivity contribution in [3.8, 4) is 0 Å². The molecule has 1 aromatic rings. The van der Waals surface area contributed by atoms with Gasteiger partial charge in [-0.05, 0) is 30.5 Å². The first-order valence-corrected chi connectivity index (χ1v) is 5.94. The lowest BCUT2D eigenvalue weighted by Gasteiger charge is -2.15. The fourth-order valence-electron chi connectivity index (χ4n) is 1.28. The summed E-state index contributed by atoms with van der Waals surface area (Å²) in [6, 6.07) is 4.90. The van der Waals surface area contributed by atoms with Crippen LogP contribution in [0.4, 0.5) is 18.9 Å². The molecule has 2 N–H and O–H groups in total. The molecule has 0 atom stereocenters. The average molecular weight is 273 g/mol. The van der Waals surface area contributed by atoms with E-state index in [0.717, 1.165) is 17.8 Å². The molecule has 96 valence electrons. The van der Waals surface area contributed by atoms with Crippen LogP contribution in [0.1, 0.15) is 12.5 Å². The van der Waals surface area contributed by atoms with Gasteiger partial charge in [0.2, 0.25) is 0 Å². The Morgan fingerprint density at radius 3 is 2.61 bits per heavy atom. The third-order valence-electron chi connectivity index (χ3n) is 2.12. The summed E-state index contributed by atoms with van der Waals surface area (Å²) in [7, 11) is 0. The highest BCUT2D eigenvalue weighted by Gasteiger charge is 2.30. The molecular weight excluding hydrogens is 263 g/mol. The van der Waals surface area contributed by atoms with Gasteiger partial charge in [-0.15, -0.1) is 0 Å². The molecule has 0 aromatic heterocycles. The maximum atomic E-state index is 12.5. The van der Waals surface area contributed by atoms with Crippen LogP contribution < -0.4 is 10.9 Å². The van der Waals surface area contributed by atoms with Gasteiger partial charge in [-0.25, -0.2) is 4.99 Å². The second-order valence-corrected chi connectivity index (χ2v) is 4.49. The molecule has 2 rings (SSSR count). The van der Waals surface area contributed by atoms with Crippen LogP contribution in [0.3, 0.4) is 0 Å². The van der Waals surface area contributed by atoms with E-state index in [2.05, 4.69) is 15.8 Å². The highest BCUT2D eigenvalue weighted by atomic mass is 32.2. The van der Waals surface area contributed by atoms with E-state index in [9.17, 15) is 13.2 Å². The lowest BCUT2D eigenvalue weighted by molar-refractivity contribution is -0.137. The highest BCUT2D eigenvalue weighted by molar-refractivity contribution is 8.16. The van der Waals surface area contributed by atoms with Gasteiger partial charge < -0.3 is 5.43 Å². The van der Waals surface area contributed by atoms with Crippen LogP contribution in [-0.2, 0) is 6.18 Å². The minimum absolute atomic E-state index is 0.259. The van der Waals surface area contributed by atoms with Gasteiger partial charge in [0.05, 0.1) is 11.3 Å². The van der Waals surface area contributed by atoms with Crippen molar-refractivity contribution in [3.05, 3.63) is 40.9 Å². The second kappa shape index (κ2) is 4.93. The predicted molar refractivity (Wildman–Crippen MR) is 66.2 cm³/mol. The summed E-state index contributed by atoms with van der Waals surface area (Å²) >= 11 is 1.31. The number of alkyl halides is 3. The Balaban J connectivity index is 2.22. The van der Waals surface area contributed by atoms with E-state index in [0.29, 0.717) is 5.17 Å². The molecule has 1 aromatic carbocycles. The summed E-state index contributed by atoms with van der Waals surface area (Å²) in [5.41, 5.74) is 6.10. The van der Waals surface area contributed by atoms with E-state index in [4.69, 9.17) is 0 Å². The number of aliphatic imine (C=N–C) groups is 1. The van der Waals surface area contributed by atoms with Crippen LogP contribution in [0.15, 0.2) is 40.4 Å². The van der Waals surface area contributed by atoms with E-state index < -0.39 is 11.7 Å². The molecule has 1 aliphatic heterocycles. The summed E-state index contributed by atoms with van der Waals surface area (Å²) in [4.78, 5) is 4.09. The molecule has 0 aliphatic carbocycles. The van der Waals surface area contributed by atoms with Gasteiger partial charge in [-0.2, -0.15) is 13.2 Å². The summed E-state index contributed by atoms with van der Waals surface area (Å²) in [6.07, 6.45) is -4.35. The van der Waals surface area contributed by atoms with Gasteiger partial charge in [-0.3, -0.25) is 5.43 Å². The molecular formula is C11H10F3N3S. The summed E-state index contributed by atoms with van der Waals surface area (Å²) < 4.78 is 37.5. The second-order valence-electron chi connectivity index (χ2n) is 3.63. The molecule has 0 fully saturated rings. The van der Waals surface area contributed by atoms with Crippen LogP contribution in [0.25, 0.3) is 0 Å². The van der Waals surface area contributed by atoms with Crippen LogP contribution in [0.2, 0.25) is 0 Å². The number of thioether (sulfide) groups is 1. The molecule has 0 radical (unpaired) electrons. The highest BCUT2D eigenvalue weighted by Crippen LogP contribution is 2.31. The average Bonchev–Trinajstić information content (AvgIpc) is 2.31. The van der Waals surface area contributed by atoms with Crippen molar-refractivity contribution >= 4 is 22.6 Å². The van der Waals surface area contributed by atoms with Crippen molar-refractivity contribution in [2.75, 3.05) is 0 Å². The Morgan fingerprint density at radius 2 is 2.00 bits per heavy atom. The molecule has 0 saturated heterocycles. The predicted octanol–water partition coefficient (Wildman–Crippen LogP) is 3.40. The van der Waals surface area contributed by atoms with E-state index in [1.807, 2.05) is 12.3 Å². The standard InChI is InChI=1S/C11H10F3N3S/c1-7-6-18-10(17-16-7)15-9-4-2-3-8(5-9)11(12,13)14/h2-6,16H,1H3,(H,15,17). The third-order valence-corrected chi connectivity index (χ3v) is 3.01. The van der Waals surface area contributed by atoms with E-state index in [1.54, 1.807) is 0 Å². The van der Waals surface area contributed by atoms with Crippen LogP contribution in [-0.4, -0.2) is 5.17 Å². The first-order chi connectivity index (χ1) is 8.45. The van der Waals surface area contributed by atoms with E-state index >= 15 is 0 Å². The zero-order chi connectivity index (χ0) is 13.2. The van der Waals surface area contributed by atoms with Crippen LogP contribution in [0.5, 0.6) is 0 Å². The molecule has 7 heteroatoms. The molecule has 0 amide bonds. The normalized spacial score (nSPS) is 18.0. The Bertz CT molecular complexity index is 509. The van der Waals surface area contributed by atoms with Crippen LogP contribution in [0, 0.1) is 0 Å². The molecule has 1 heterocycles. The number of hydrogen-bond donors (Lipinski definition) is 2. The Labute approximate surface area is 106 Å². The van der Waals surface area contributed by atoms with Gasteiger partial charge in [0.15, 0.2) is 5.17 Å². The minimum atomic E-state index is -4.35. The number of halogens is 3. The van der Waals surface area contributed by atoms with Crippen molar-refractivity contribution in [2.45, 2.75) is 13.1 Å². The zero-order valence-electron chi connectivity index (χ0n) is 9.38. The number of rotatable bonds is 1. The summed E-state index contributed by atoms with van der Waals surface area (Å²) in [6.45, 7) is 1.86. The number of hydrazine groups is 1. The number of hydrogen-bond acceptors (Lipinski definition) is 3. The first kappa shape index (κ1) is 12.8. The monoisotopic (exact) mass is 273 g/mol. The molecule has 0 saturated carbocycles. The largest absolute Gasteiger partial charge is 0.416 e. The molecule has 0 spiro atoms. The maximum absolute atomic E-state index is 12.5. The Hall–Kier alpha value is -1.63. The Kier molecular flexibility index (Phi) is 3.51. The van der Waals surface area contributed by atoms with Crippen molar-refractivity contribution in [1.82, 2.24) is 10.9 Å². The number of nitrogens with one attached hydrogen (secondary N) is 2. The summed E-state index contributed by atoms with van der Waals surface area (Å²) in [5.74, 6) is 0. The minimum Gasteiger partial charge on any atom is -0.303 e. The first-order valence-electron chi connectivity index (χ1n) is 5.06. The van der Waals surface area contributed by atoms with Gasteiger partial charge in [0.1, 0.15) is 0 Å². The topological polar surface area (TPSA) is 36.4 Å². The van der Waals surface area contributed by atoms with Gasteiger partial charge in [0.25, 0.3) is 0 Å². The van der Waals surface area contributed by atoms with Gasteiger partial charge >= 0.3 is 6.18 Å². The third kappa shape index (κ3) is 3.19. The molecule has 18 heavy (non-hydrogen) atoms. The Morgan fingerprint density at radius 1 is 1.22 bits per heavy atom. The lowest BCUT2D eigenvalue weighted by Crippen LogP contribution is -2.36. The number of nitrogens with zero attached hydrogens (tertiary/aromatic N) is 1. The van der Waals surface area contributed by atoms with Crippen molar-refractivity contribution < 1.29 is 13.2 Å². The number of allylic oxidation sites excluding steroid dienone is 1. The van der Waals surface area contributed by atoms with Crippen molar-refractivity contribution in [2.24, 2.45) is 4.99 Å². The smallest absolute Gasteiger partial charge is 0.303 e. The fraction of sp³-hybridized carbons (Fsp3) is 0.182. The van der Waals surface area contributed by atoms with Gasteiger partial charge in [-0.1, -0.05) is 17.8 Å². The van der Waals surface area contributed by atoms with E-state index in [-0.39, 0.29) is 5.69 Å². The molecule has 3 nitrogen and oxygen atoms in total. The SMILES string of the molecule is CC1=CSC(=Nc2cccc(C(F)(F)F)c2)NN1. The quantitative estimate of drug-likeness (QED) is 0.823. The maximum Gasteiger partial charge on any atom is 0.416 e. The lowest BCUT2D eigenvalue weighted by atomic mass is 10.2. The number of benzene rings is 1. The van der Waals surface area contributed by atoms with Crippen molar-refractivity contribution in [1.29, 1.82) is 0 Å². The summed E-state index contributed by atoms with van der Waals surface area (Å²) in [5, 5.41) is 2.32.